The molecule has 20 rings (SSSR count). The van der Waals surface area contributed by atoms with Crippen molar-refractivity contribution in [1.29, 1.82) is 0 Å². The van der Waals surface area contributed by atoms with E-state index in [9.17, 15) is 36.7 Å². The third-order valence-electron chi connectivity index (χ3n) is 20.5. The largest absolute Gasteiger partial charge is 0.384 e. The van der Waals surface area contributed by atoms with E-state index in [4.69, 9.17) is 17.3 Å². The SMILES string of the molecule is Cc1cc(-n2c(=O)ccc3cnc4ccc(-c5ccc(N)nc5)cc4c32)ccc1F.Cc1cc(-n2c(=O)ccc3cnc4ccc(-c5ccccc5)cc4c32)ccc1F.Cc1ccc(-c2ccc3ncc4ccc(=O)n(-c5ccc(F)c(C)c5)c4c3c2)cn1.O=c1ccc2cnc3ccc(-c4cn[nH]c4)cc3c2n1-c1ccc(F)c(Cl)c1. The number of anilines is 1. The van der Waals surface area contributed by atoms with Crippen molar-refractivity contribution >= 4 is 105 Å². The van der Waals surface area contributed by atoms with Gasteiger partial charge in [-0.05, 0) is 236 Å². The molecule has 0 saturated carbocycles. The number of nitrogen functional groups attached to an aromatic ring is 1. The maximum absolute atomic E-state index is 13.8. The highest BCUT2D eigenvalue weighted by molar-refractivity contribution is 6.31. The molecule has 9 aromatic carbocycles. The molecule has 117 heavy (non-hydrogen) atoms. The van der Waals surface area contributed by atoms with E-state index >= 15 is 0 Å². The zero-order valence-corrected chi connectivity index (χ0v) is 63.6. The van der Waals surface area contributed by atoms with E-state index in [-0.39, 0.29) is 44.7 Å². The van der Waals surface area contributed by atoms with Gasteiger partial charge in [0.25, 0.3) is 22.2 Å². The summed E-state index contributed by atoms with van der Waals surface area (Å²) in [6, 6.07) is 72.9. The van der Waals surface area contributed by atoms with E-state index in [1.165, 1.54) is 65.2 Å². The summed E-state index contributed by atoms with van der Waals surface area (Å²) in [5.74, 6) is -0.982. The number of nitrogens with zero attached hydrogens (tertiary/aromatic N) is 11. The van der Waals surface area contributed by atoms with Crippen LogP contribution >= 0.6 is 11.6 Å². The molecule has 0 aliphatic rings. The summed E-state index contributed by atoms with van der Waals surface area (Å²) in [6.07, 6.45) is 14.1. The number of hydrogen-bond donors (Lipinski definition) is 2. The van der Waals surface area contributed by atoms with Gasteiger partial charge in [-0.1, -0.05) is 72.3 Å². The first-order valence-electron chi connectivity index (χ1n) is 37.0. The number of halogens is 5. The van der Waals surface area contributed by atoms with E-state index in [0.717, 1.165) is 132 Å². The lowest BCUT2D eigenvalue weighted by Gasteiger charge is -2.14. The van der Waals surface area contributed by atoms with Gasteiger partial charge in [0.15, 0.2) is 0 Å². The molecule has 0 radical (unpaired) electrons. The van der Waals surface area contributed by atoms with E-state index in [1.54, 1.807) is 145 Å². The summed E-state index contributed by atoms with van der Waals surface area (Å²) < 4.78 is 61.6. The number of H-pyrrole nitrogens is 1. The van der Waals surface area contributed by atoms with Gasteiger partial charge in [-0.2, -0.15) is 5.10 Å². The fraction of sp³-hybridized carbons (Fsp3) is 0.0421. The molecule has 0 amide bonds. The van der Waals surface area contributed by atoms with Crippen LogP contribution in [0.5, 0.6) is 0 Å². The third kappa shape index (κ3) is 14.6. The van der Waals surface area contributed by atoms with Gasteiger partial charge in [-0.15, -0.1) is 0 Å². The molecule has 0 atom stereocenters. The average molecular weight is 1560 g/mol. The Balaban J connectivity index is 0.000000112. The molecule has 3 N–H and O–H groups in total. The van der Waals surface area contributed by atoms with Crippen molar-refractivity contribution in [2.75, 3.05) is 5.73 Å². The molecule has 0 aliphatic carbocycles. The summed E-state index contributed by atoms with van der Waals surface area (Å²) in [6.45, 7) is 7.02. The minimum Gasteiger partial charge on any atom is -0.384 e. The van der Waals surface area contributed by atoms with Gasteiger partial charge in [0.1, 0.15) is 29.1 Å². The second-order valence-electron chi connectivity index (χ2n) is 28.1. The third-order valence-corrected chi connectivity index (χ3v) is 20.8. The molecule has 0 saturated heterocycles. The van der Waals surface area contributed by atoms with Gasteiger partial charge in [0, 0.05) is 150 Å². The van der Waals surface area contributed by atoms with Crippen molar-refractivity contribution in [2.24, 2.45) is 0 Å². The normalized spacial score (nSPS) is 11.3. The highest BCUT2D eigenvalue weighted by Gasteiger charge is 2.19. The van der Waals surface area contributed by atoms with Gasteiger partial charge >= 0.3 is 0 Å². The topological polar surface area (TPSA) is 220 Å². The molecule has 22 heteroatoms. The predicted molar refractivity (Wildman–Crippen MR) is 457 cm³/mol. The maximum Gasteiger partial charge on any atom is 0.255 e. The Morgan fingerprint density at radius 2 is 0.650 bits per heavy atom. The fourth-order valence-corrected chi connectivity index (χ4v) is 14.7. The minimum atomic E-state index is -0.535. The Morgan fingerprint density at radius 1 is 0.308 bits per heavy atom. The molecule has 568 valence electrons. The molecule has 0 aliphatic heterocycles. The smallest absolute Gasteiger partial charge is 0.255 e. The summed E-state index contributed by atoms with van der Waals surface area (Å²) >= 11 is 5.97. The summed E-state index contributed by atoms with van der Waals surface area (Å²) in [7, 11) is 0. The van der Waals surface area contributed by atoms with Crippen LogP contribution in [0.1, 0.15) is 22.4 Å². The Bertz CT molecular complexity index is 7400. The molecular formula is C95H64ClF4N13O4. The fourth-order valence-electron chi connectivity index (χ4n) is 14.6. The number of nitrogens with one attached hydrogen (secondary N) is 1. The van der Waals surface area contributed by atoms with Crippen molar-refractivity contribution in [3.05, 3.63) is 390 Å². The standard InChI is InChI=1S/C25H18FN3O.C25H17FN2O.C24H17FN4O.C21H12ClFN4O/c1-15-11-20(7-8-22(15)26)29-24(30)10-6-19-14-28-23-9-5-17(12-21(23)25(19)29)18-4-3-16(2)27-13-18;1-16-13-20(9-10-22(16)26)28-24(29)12-8-19-15-27-23-11-7-18(14-21(23)25(19)28)17-5-3-2-4-6-17;1-14-10-18(5-6-20(14)25)29-23(30)9-4-17-13-27-21-7-2-15(11-19(21)24(17)29)16-3-8-22(26)28-12-16;22-17-8-15(3-4-18(17)23)27-20(28)6-2-13-9-24-19-5-1-12(7-16(19)21(13)27)14-10-25-26-11-14/h3-14H,1-2H3;2-15H,1H3;2-13H,1H3,(H2,26,28);1-11H,(H,25,26). The number of nitrogens with two attached hydrogens (primary N) is 1. The van der Waals surface area contributed by atoms with Crippen LogP contribution in [0.3, 0.4) is 0 Å². The number of hydrogen-bond acceptors (Lipinski definition) is 12. The number of aromatic nitrogens is 12. The van der Waals surface area contributed by atoms with Crippen molar-refractivity contribution in [1.82, 2.24) is 58.4 Å². The Hall–Kier alpha value is -15.2. The first kappa shape index (κ1) is 74.5. The zero-order chi connectivity index (χ0) is 80.9. The Kier molecular flexibility index (Phi) is 19.8. The highest BCUT2D eigenvalue weighted by atomic mass is 35.5. The average Bonchev–Trinajstić information content (AvgIpc) is 0.770. The number of rotatable bonds is 8. The lowest BCUT2D eigenvalue weighted by atomic mass is 10.0. The predicted octanol–water partition coefficient (Wildman–Crippen LogP) is 20.4. The monoisotopic (exact) mass is 1560 g/mol. The molecule has 0 bridgehead atoms. The molecule has 0 spiro atoms. The molecule has 0 fully saturated rings. The lowest BCUT2D eigenvalue weighted by Crippen LogP contribution is -2.18. The van der Waals surface area contributed by atoms with Crippen LogP contribution in [0.2, 0.25) is 5.02 Å². The minimum absolute atomic E-state index is 0.0427. The molecule has 11 heterocycles. The van der Waals surface area contributed by atoms with Crippen molar-refractivity contribution < 1.29 is 17.6 Å². The second-order valence-corrected chi connectivity index (χ2v) is 28.5. The van der Waals surface area contributed by atoms with Crippen LogP contribution in [0, 0.1) is 51.0 Å². The number of pyridine rings is 10. The van der Waals surface area contributed by atoms with E-state index < -0.39 is 5.82 Å². The molecule has 17 nitrogen and oxygen atoms in total. The van der Waals surface area contributed by atoms with E-state index in [2.05, 4.69) is 58.3 Å². The molecule has 20 aromatic rings. The summed E-state index contributed by atoms with van der Waals surface area (Å²) in [5, 5.41) is 13.4. The van der Waals surface area contributed by atoms with Crippen molar-refractivity contribution in [3.8, 4) is 67.3 Å². The van der Waals surface area contributed by atoms with Crippen LogP contribution in [0.4, 0.5) is 23.4 Å². The van der Waals surface area contributed by atoms with Gasteiger partial charge in [-0.25, -0.2) is 22.5 Å². The Labute approximate surface area is 667 Å². The first-order chi connectivity index (χ1) is 56.7. The number of aromatic amines is 1. The second kappa shape index (κ2) is 31.0. The maximum atomic E-state index is 13.8. The van der Waals surface area contributed by atoms with E-state index in [0.29, 0.717) is 50.8 Å². The highest BCUT2D eigenvalue weighted by Crippen LogP contribution is 2.36. The number of benzene rings is 9. The van der Waals surface area contributed by atoms with Crippen LogP contribution in [0.25, 0.3) is 154 Å². The Morgan fingerprint density at radius 3 is 0.983 bits per heavy atom. The quantitative estimate of drug-likeness (QED) is 0.107. The van der Waals surface area contributed by atoms with Crippen molar-refractivity contribution in [2.45, 2.75) is 27.7 Å². The zero-order valence-electron chi connectivity index (χ0n) is 62.8. The number of aryl methyl sites for hydroxylation is 4. The first-order valence-corrected chi connectivity index (χ1v) is 37.4. The van der Waals surface area contributed by atoms with Crippen molar-refractivity contribution in [3.63, 3.8) is 0 Å². The van der Waals surface area contributed by atoms with Gasteiger partial charge < -0.3 is 5.73 Å². The van der Waals surface area contributed by atoms with Crippen LogP contribution in [0.15, 0.2) is 317 Å². The van der Waals surface area contributed by atoms with Gasteiger partial charge in [0.05, 0.1) is 61.0 Å². The molecular weight excluding hydrogens is 1500 g/mol. The van der Waals surface area contributed by atoms with E-state index in [1.807, 2.05) is 116 Å². The van der Waals surface area contributed by atoms with Gasteiger partial charge in [-0.3, -0.25) is 67.5 Å². The van der Waals surface area contributed by atoms with Crippen LogP contribution < -0.4 is 28.0 Å². The number of fused-ring (bicyclic) bond motifs is 12. The lowest BCUT2D eigenvalue weighted by molar-refractivity contribution is 0.617. The molecule has 11 aromatic heterocycles. The van der Waals surface area contributed by atoms with Gasteiger partial charge in [0.2, 0.25) is 0 Å². The van der Waals surface area contributed by atoms with Crippen LogP contribution in [-0.4, -0.2) is 58.4 Å². The summed E-state index contributed by atoms with van der Waals surface area (Å²) in [5.41, 5.74) is 23.5. The van der Waals surface area contributed by atoms with Crippen LogP contribution in [-0.2, 0) is 0 Å². The summed E-state index contributed by atoms with van der Waals surface area (Å²) in [4.78, 5) is 78.2. The molecule has 0 unspecified atom stereocenters.